The van der Waals surface area contributed by atoms with E-state index in [4.69, 9.17) is 0 Å². The van der Waals surface area contributed by atoms with Crippen LogP contribution in [0.25, 0.3) is 0 Å². The number of benzene rings is 1. The van der Waals surface area contributed by atoms with Crippen molar-refractivity contribution in [3.05, 3.63) is 45.9 Å². The maximum atomic E-state index is 11.4. The summed E-state index contributed by atoms with van der Waals surface area (Å²) in [4.78, 5) is 10.0. The van der Waals surface area contributed by atoms with Crippen LogP contribution in [0.3, 0.4) is 0 Å². The first-order valence-corrected chi connectivity index (χ1v) is 10.2. The summed E-state index contributed by atoms with van der Waals surface area (Å²) in [5.74, 6) is 0.704. The summed E-state index contributed by atoms with van der Waals surface area (Å²) < 4.78 is 22.9. The fourth-order valence-electron chi connectivity index (χ4n) is 2.07. The van der Waals surface area contributed by atoms with Crippen LogP contribution in [0, 0.1) is 6.92 Å². The quantitative estimate of drug-likeness (QED) is 0.366. The molecule has 1 aromatic carbocycles. The van der Waals surface area contributed by atoms with E-state index in [0.29, 0.717) is 17.4 Å². The number of nitrogens with one attached hydrogen (secondary N) is 2. The van der Waals surface area contributed by atoms with Gasteiger partial charge in [-0.15, -0.1) is 35.3 Å². The first-order chi connectivity index (χ1) is 11.4. The SMILES string of the molecule is CN=C(NCCc1ncc(C)s1)NCc1ccc(S(C)(=O)=O)cc1.I. The van der Waals surface area contributed by atoms with E-state index in [1.54, 1.807) is 42.6 Å². The highest BCUT2D eigenvalue weighted by Gasteiger charge is 2.06. The van der Waals surface area contributed by atoms with Gasteiger partial charge in [0.1, 0.15) is 0 Å². The standard InChI is InChI=1S/C16H22N4O2S2.HI/c1-12-10-19-15(23-12)8-9-18-16(17-2)20-11-13-4-6-14(7-5-13)24(3,21)22;/h4-7,10H,8-9,11H2,1-3H3,(H2,17,18,20);1H. The molecule has 0 spiro atoms. The van der Waals surface area contributed by atoms with Gasteiger partial charge in [0.2, 0.25) is 0 Å². The van der Waals surface area contributed by atoms with Crippen molar-refractivity contribution in [2.45, 2.75) is 24.8 Å². The first kappa shape index (κ1) is 21.8. The molecule has 0 saturated heterocycles. The van der Waals surface area contributed by atoms with Crippen molar-refractivity contribution in [2.75, 3.05) is 19.8 Å². The number of hydrogen-bond acceptors (Lipinski definition) is 5. The Labute approximate surface area is 170 Å². The van der Waals surface area contributed by atoms with Gasteiger partial charge in [-0.25, -0.2) is 13.4 Å². The molecule has 0 unspecified atom stereocenters. The summed E-state index contributed by atoms with van der Waals surface area (Å²) in [5.41, 5.74) is 0.987. The molecular formula is C16H23IN4O2S2. The maximum absolute atomic E-state index is 11.4. The largest absolute Gasteiger partial charge is 0.356 e. The molecule has 2 N–H and O–H groups in total. The highest BCUT2D eigenvalue weighted by atomic mass is 127. The van der Waals surface area contributed by atoms with Gasteiger partial charge in [-0.05, 0) is 24.6 Å². The van der Waals surface area contributed by atoms with E-state index < -0.39 is 9.84 Å². The topological polar surface area (TPSA) is 83.4 Å². The van der Waals surface area contributed by atoms with Gasteiger partial charge in [0, 0.05) is 43.9 Å². The second kappa shape index (κ2) is 10.1. The van der Waals surface area contributed by atoms with Crippen LogP contribution in [0.1, 0.15) is 15.4 Å². The third kappa shape index (κ3) is 7.28. The Bertz CT molecular complexity index is 802. The van der Waals surface area contributed by atoms with Crippen molar-refractivity contribution in [1.82, 2.24) is 15.6 Å². The monoisotopic (exact) mass is 494 g/mol. The minimum absolute atomic E-state index is 0. The van der Waals surface area contributed by atoms with Crippen LogP contribution in [0.5, 0.6) is 0 Å². The van der Waals surface area contributed by atoms with E-state index in [0.717, 1.165) is 23.5 Å². The van der Waals surface area contributed by atoms with Crippen molar-refractivity contribution in [2.24, 2.45) is 4.99 Å². The first-order valence-electron chi connectivity index (χ1n) is 7.53. The van der Waals surface area contributed by atoms with Crippen LogP contribution in [0.15, 0.2) is 40.4 Å². The number of aliphatic imine (C=N–C) groups is 1. The lowest BCUT2D eigenvalue weighted by atomic mass is 10.2. The summed E-state index contributed by atoms with van der Waals surface area (Å²) in [7, 11) is -1.44. The van der Waals surface area contributed by atoms with Crippen molar-refractivity contribution in [3.63, 3.8) is 0 Å². The Balaban J connectivity index is 0.00000312. The van der Waals surface area contributed by atoms with Gasteiger partial charge in [0.05, 0.1) is 9.90 Å². The fraction of sp³-hybridized carbons (Fsp3) is 0.375. The van der Waals surface area contributed by atoms with E-state index in [9.17, 15) is 8.42 Å². The molecule has 0 amide bonds. The van der Waals surface area contributed by atoms with Crippen LogP contribution in [-0.2, 0) is 22.8 Å². The maximum Gasteiger partial charge on any atom is 0.191 e. The minimum atomic E-state index is -3.15. The van der Waals surface area contributed by atoms with Crippen molar-refractivity contribution in [3.8, 4) is 0 Å². The zero-order valence-electron chi connectivity index (χ0n) is 14.4. The molecule has 0 atom stereocenters. The molecule has 1 aromatic heterocycles. The summed E-state index contributed by atoms with van der Waals surface area (Å²) in [6.45, 7) is 3.36. The molecule has 1 heterocycles. The summed E-state index contributed by atoms with van der Waals surface area (Å²) >= 11 is 1.70. The fourth-order valence-corrected chi connectivity index (χ4v) is 3.48. The minimum Gasteiger partial charge on any atom is -0.356 e. The molecule has 25 heavy (non-hydrogen) atoms. The Morgan fingerprint density at radius 3 is 2.44 bits per heavy atom. The lowest BCUT2D eigenvalue weighted by Gasteiger charge is -2.11. The van der Waals surface area contributed by atoms with Crippen molar-refractivity contribution >= 4 is 51.1 Å². The van der Waals surface area contributed by atoms with Crippen LogP contribution in [0.4, 0.5) is 0 Å². The summed E-state index contributed by atoms with van der Waals surface area (Å²) in [6.07, 6.45) is 3.94. The lowest BCUT2D eigenvalue weighted by molar-refractivity contribution is 0.602. The molecular weight excluding hydrogens is 471 g/mol. The van der Waals surface area contributed by atoms with Gasteiger partial charge in [-0.2, -0.15) is 0 Å². The molecule has 9 heteroatoms. The normalized spacial score (nSPS) is 11.7. The Morgan fingerprint density at radius 2 is 1.92 bits per heavy atom. The molecule has 0 saturated carbocycles. The van der Waals surface area contributed by atoms with E-state index in [1.165, 1.54) is 11.1 Å². The molecule has 0 fully saturated rings. The van der Waals surface area contributed by atoms with E-state index in [-0.39, 0.29) is 24.0 Å². The van der Waals surface area contributed by atoms with E-state index in [2.05, 4.69) is 20.6 Å². The number of aryl methyl sites for hydroxylation is 1. The van der Waals surface area contributed by atoms with Gasteiger partial charge in [-0.3, -0.25) is 4.99 Å². The van der Waals surface area contributed by atoms with Gasteiger partial charge in [0.25, 0.3) is 0 Å². The van der Waals surface area contributed by atoms with Crippen LogP contribution in [-0.4, -0.2) is 39.2 Å². The lowest BCUT2D eigenvalue weighted by Crippen LogP contribution is -2.37. The predicted molar refractivity (Wildman–Crippen MR) is 114 cm³/mol. The van der Waals surface area contributed by atoms with Crippen LogP contribution < -0.4 is 10.6 Å². The van der Waals surface area contributed by atoms with Crippen molar-refractivity contribution in [1.29, 1.82) is 0 Å². The molecule has 138 valence electrons. The molecule has 6 nitrogen and oxygen atoms in total. The van der Waals surface area contributed by atoms with Gasteiger partial charge in [0.15, 0.2) is 15.8 Å². The molecule has 0 bridgehead atoms. The zero-order valence-corrected chi connectivity index (χ0v) is 18.4. The Kier molecular flexibility index (Phi) is 8.80. The highest BCUT2D eigenvalue weighted by Crippen LogP contribution is 2.11. The zero-order chi connectivity index (χ0) is 17.6. The van der Waals surface area contributed by atoms with Gasteiger partial charge in [-0.1, -0.05) is 12.1 Å². The molecule has 2 rings (SSSR count). The molecule has 0 aliphatic carbocycles. The molecule has 2 aromatic rings. The summed E-state index contributed by atoms with van der Waals surface area (Å²) in [5, 5.41) is 7.55. The predicted octanol–water partition coefficient (Wildman–Crippen LogP) is 2.38. The third-order valence-electron chi connectivity index (χ3n) is 3.34. The van der Waals surface area contributed by atoms with E-state index >= 15 is 0 Å². The number of guanidine groups is 1. The second-order valence-electron chi connectivity index (χ2n) is 5.38. The number of rotatable bonds is 6. The van der Waals surface area contributed by atoms with Gasteiger partial charge < -0.3 is 10.6 Å². The molecule has 0 aliphatic heterocycles. The Morgan fingerprint density at radius 1 is 1.24 bits per heavy atom. The number of thiazole rings is 1. The Hall–Kier alpha value is -1.20. The van der Waals surface area contributed by atoms with Crippen LogP contribution >= 0.6 is 35.3 Å². The van der Waals surface area contributed by atoms with Crippen molar-refractivity contribution < 1.29 is 8.42 Å². The molecule has 0 radical (unpaired) electrons. The number of sulfone groups is 1. The summed E-state index contributed by atoms with van der Waals surface area (Å²) in [6, 6.07) is 6.84. The number of halogens is 1. The third-order valence-corrected chi connectivity index (χ3v) is 5.44. The second-order valence-corrected chi connectivity index (χ2v) is 8.72. The van der Waals surface area contributed by atoms with Crippen LogP contribution in [0.2, 0.25) is 0 Å². The van der Waals surface area contributed by atoms with E-state index in [1.807, 2.05) is 13.1 Å². The smallest absolute Gasteiger partial charge is 0.191 e. The van der Waals surface area contributed by atoms with Gasteiger partial charge >= 0.3 is 0 Å². The average molecular weight is 494 g/mol. The number of hydrogen-bond donors (Lipinski definition) is 2. The molecule has 0 aliphatic rings. The number of aromatic nitrogens is 1. The highest BCUT2D eigenvalue weighted by molar-refractivity contribution is 14.0. The number of nitrogens with zero attached hydrogens (tertiary/aromatic N) is 2. The average Bonchev–Trinajstić information content (AvgIpc) is 2.95.